The minimum atomic E-state index is -0.673. The highest BCUT2D eigenvalue weighted by atomic mass is 35.5. The third-order valence-electron chi connectivity index (χ3n) is 4.00. The molecule has 3 rings (SSSR count). The Bertz CT molecular complexity index is 977. The van der Waals surface area contributed by atoms with Crippen LogP contribution in [0.25, 0.3) is 11.5 Å². The number of rotatable bonds is 4. The number of halogens is 4. The summed E-state index contributed by atoms with van der Waals surface area (Å²) in [6.45, 7) is 2.95. The summed E-state index contributed by atoms with van der Waals surface area (Å²) in [6.07, 6.45) is 1.18. The molecule has 2 aromatic carbocycles. The second-order valence-electron chi connectivity index (χ2n) is 6.00. The lowest BCUT2D eigenvalue weighted by molar-refractivity contribution is 0.0934. The standard InChI is InChI=1S/C19H14Cl2F2N2O2/c1-9-15(22)5-11(6-16(9)23)10(2)24-18(26)17-8-27-19(25-17)12-3-13(20)7-14(21)4-12/h3-8,10H,1-2H3,(H,24,26). The fourth-order valence-electron chi connectivity index (χ4n) is 2.46. The van der Waals surface area contributed by atoms with Crippen LogP contribution in [0.2, 0.25) is 10.0 Å². The molecule has 1 atom stereocenters. The van der Waals surface area contributed by atoms with E-state index in [2.05, 4.69) is 10.3 Å². The SMILES string of the molecule is Cc1c(F)cc(C(C)NC(=O)c2coc(-c3cc(Cl)cc(Cl)c3)n2)cc1F. The Morgan fingerprint density at radius 2 is 1.70 bits per heavy atom. The molecule has 0 aliphatic heterocycles. The summed E-state index contributed by atoms with van der Waals surface area (Å²) in [5, 5.41) is 3.43. The molecule has 0 aliphatic rings. The van der Waals surface area contributed by atoms with Gasteiger partial charge in [0.25, 0.3) is 5.91 Å². The molecule has 0 radical (unpaired) electrons. The summed E-state index contributed by atoms with van der Waals surface area (Å²) in [6, 6.07) is 6.49. The van der Waals surface area contributed by atoms with E-state index >= 15 is 0 Å². The summed E-state index contributed by atoms with van der Waals surface area (Å²) >= 11 is 11.9. The van der Waals surface area contributed by atoms with Gasteiger partial charge in [0.2, 0.25) is 5.89 Å². The highest BCUT2D eigenvalue weighted by Crippen LogP contribution is 2.27. The Labute approximate surface area is 164 Å². The van der Waals surface area contributed by atoms with E-state index in [1.807, 2.05) is 0 Å². The first kappa shape index (κ1) is 19.3. The van der Waals surface area contributed by atoms with Gasteiger partial charge in [0.15, 0.2) is 5.69 Å². The minimum absolute atomic E-state index is 0.0148. The average Bonchev–Trinajstić information content (AvgIpc) is 3.08. The van der Waals surface area contributed by atoms with Gasteiger partial charge in [-0.3, -0.25) is 4.79 Å². The first-order valence-electron chi connectivity index (χ1n) is 7.93. The average molecular weight is 411 g/mol. The van der Waals surface area contributed by atoms with Crippen molar-refractivity contribution in [2.24, 2.45) is 0 Å². The molecule has 1 unspecified atom stereocenters. The summed E-state index contributed by atoms with van der Waals surface area (Å²) in [5.41, 5.74) is 0.760. The van der Waals surface area contributed by atoms with E-state index in [1.165, 1.54) is 25.3 Å². The highest BCUT2D eigenvalue weighted by Gasteiger charge is 2.18. The lowest BCUT2D eigenvalue weighted by Gasteiger charge is -2.14. The molecule has 0 fully saturated rings. The van der Waals surface area contributed by atoms with E-state index in [1.54, 1.807) is 25.1 Å². The fraction of sp³-hybridized carbons (Fsp3) is 0.158. The van der Waals surface area contributed by atoms with Crippen LogP contribution < -0.4 is 5.32 Å². The number of hydrogen-bond donors (Lipinski definition) is 1. The molecule has 0 bridgehead atoms. The number of nitrogens with one attached hydrogen (secondary N) is 1. The molecule has 1 aromatic heterocycles. The Balaban J connectivity index is 1.78. The smallest absolute Gasteiger partial charge is 0.273 e. The third kappa shape index (κ3) is 4.28. The maximum atomic E-state index is 13.7. The quantitative estimate of drug-likeness (QED) is 0.597. The van der Waals surface area contributed by atoms with Crippen LogP contribution in [-0.4, -0.2) is 10.9 Å². The fourth-order valence-corrected chi connectivity index (χ4v) is 2.98. The highest BCUT2D eigenvalue weighted by molar-refractivity contribution is 6.35. The van der Waals surface area contributed by atoms with Crippen molar-refractivity contribution >= 4 is 29.1 Å². The van der Waals surface area contributed by atoms with E-state index in [4.69, 9.17) is 27.6 Å². The van der Waals surface area contributed by atoms with Gasteiger partial charge in [-0.05, 0) is 49.7 Å². The van der Waals surface area contributed by atoms with Crippen LogP contribution in [-0.2, 0) is 0 Å². The Morgan fingerprint density at radius 3 is 2.30 bits per heavy atom. The van der Waals surface area contributed by atoms with Crippen LogP contribution in [0.5, 0.6) is 0 Å². The van der Waals surface area contributed by atoms with Gasteiger partial charge in [-0.2, -0.15) is 0 Å². The predicted molar refractivity (Wildman–Crippen MR) is 98.9 cm³/mol. The van der Waals surface area contributed by atoms with Crippen molar-refractivity contribution in [3.05, 3.63) is 75.1 Å². The molecule has 1 heterocycles. The Morgan fingerprint density at radius 1 is 1.11 bits per heavy atom. The van der Waals surface area contributed by atoms with Crippen molar-refractivity contribution in [1.82, 2.24) is 10.3 Å². The lowest BCUT2D eigenvalue weighted by atomic mass is 10.1. The molecule has 1 N–H and O–H groups in total. The van der Waals surface area contributed by atoms with Crippen LogP contribution in [0, 0.1) is 18.6 Å². The van der Waals surface area contributed by atoms with Gasteiger partial charge in [0.05, 0.1) is 6.04 Å². The first-order chi connectivity index (χ1) is 12.7. The minimum Gasteiger partial charge on any atom is -0.444 e. The van der Waals surface area contributed by atoms with Gasteiger partial charge in [0.1, 0.15) is 17.9 Å². The van der Waals surface area contributed by atoms with E-state index in [-0.39, 0.29) is 17.1 Å². The van der Waals surface area contributed by atoms with Crippen LogP contribution >= 0.6 is 23.2 Å². The van der Waals surface area contributed by atoms with Crippen molar-refractivity contribution in [3.63, 3.8) is 0 Å². The number of carbonyl (C=O) groups excluding carboxylic acids is 1. The maximum Gasteiger partial charge on any atom is 0.273 e. The van der Waals surface area contributed by atoms with E-state index in [0.717, 1.165) is 0 Å². The molecule has 1 amide bonds. The third-order valence-corrected chi connectivity index (χ3v) is 4.43. The largest absolute Gasteiger partial charge is 0.444 e. The molecule has 4 nitrogen and oxygen atoms in total. The van der Waals surface area contributed by atoms with Gasteiger partial charge in [-0.1, -0.05) is 23.2 Å². The Kier molecular flexibility index (Phi) is 5.48. The monoisotopic (exact) mass is 410 g/mol. The van der Waals surface area contributed by atoms with Crippen molar-refractivity contribution in [1.29, 1.82) is 0 Å². The number of carbonyl (C=O) groups is 1. The van der Waals surface area contributed by atoms with Gasteiger partial charge in [-0.25, -0.2) is 13.8 Å². The molecule has 0 saturated heterocycles. The molecule has 0 saturated carbocycles. The topological polar surface area (TPSA) is 55.1 Å². The summed E-state index contributed by atoms with van der Waals surface area (Å²) in [5.74, 6) is -1.73. The van der Waals surface area contributed by atoms with Crippen molar-refractivity contribution in [2.75, 3.05) is 0 Å². The molecule has 27 heavy (non-hydrogen) atoms. The molecule has 0 spiro atoms. The molecular formula is C19H14Cl2F2N2O2. The van der Waals surface area contributed by atoms with E-state index in [0.29, 0.717) is 21.2 Å². The van der Waals surface area contributed by atoms with Crippen molar-refractivity contribution in [3.8, 4) is 11.5 Å². The molecular weight excluding hydrogens is 397 g/mol. The second kappa shape index (κ2) is 7.66. The zero-order valence-corrected chi connectivity index (χ0v) is 15.8. The summed E-state index contributed by atoms with van der Waals surface area (Å²) < 4.78 is 32.7. The zero-order chi connectivity index (χ0) is 19.7. The Hall–Kier alpha value is -2.44. The molecule has 0 aliphatic carbocycles. The first-order valence-corrected chi connectivity index (χ1v) is 8.68. The van der Waals surface area contributed by atoms with Crippen molar-refractivity contribution < 1.29 is 18.0 Å². The number of oxazole rings is 1. The number of benzene rings is 2. The number of nitrogens with zero attached hydrogens (tertiary/aromatic N) is 1. The predicted octanol–water partition coefficient (Wildman–Crippen LogP) is 5.73. The summed E-state index contributed by atoms with van der Waals surface area (Å²) in [4.78, 5) is 16.5. The van der Waals surface area contributed by atoms with Crippen molar-refractivity contribution in [2.45, 2.75) is 19.9 Å². The molecule has 140 valence electrons. The van der Waals surface area contributed by atoms with Crippen LogP contribution in [0.4, 0.5) is 8.78 Å². The molecule has 3 aromatic rings. The number of amides is 1. The zero-order valence-electron chi connectivity index (χ0n) is 14.3. The van der Waals surface area contributed by atoms with Gasteiger partial charge in [0, 0.05) is 21.2 Å². The summed E-state index contributed by atoms with van der Waals surface area (Å²) in [7, 11) is 0. The van der Waals surface area contributed by atoms with Crippen LogP contribution in [0.3, 0.4) is 0 Å². The number of hydrogen-bond acceptors (Lipinski definition) is 3. The normalized spacial score (nSPS) is 12.1. The maximum absolute atomic E-state index is 13.7. The van der Waals surface area contributed by atoms with Gasteiger partial charge < -0.3 is 9.73 Å². The van der Waals surface area contributed by atoms with Crippen LogP contribution in [0.1, 0.15) is 34.6 Å². The van der Waals surface area contributed by atoms with E-state index in [9.17, 15) is 13.6 Å². The van der Waals surface area contributed by atoms with Crippen LogP contribution in [0.15, 0.2) is 41.0 Å². The molecule has 8 heteroatoms. The second-order valence-corrected chi connectivity index (χ2v) is 6.87. The number of aromatic nitrogens is 1. The van der Waals surface area contributed by atoms with Gasteiger partial charge >= 0.3 is 0 Å². The van der Waals surface area contributed by atoms with Gasteiger partial charge in [-0.15, -0.1) is 0 Å². The lowest BCUT2D eigenvalue weighted by Crippen LogP contribution is -2.27. The van der Waals surface area contributed by atoms with E-state index < -0.39 is 23.6 Å².